The van der Waals surface area contributed by atoms with Gasteiger partial charge >= 0.3 is 0 Å². The third kappa shape index (κ3) is 3.07. The van der Waals surface area contributed by atoms with E-state index in [0.29, 0.717) is 5.95 Å². The first kappa shape index (κ1) is 14.3. The first-order valence-corrected chi connectivity index (χ1v) is 6.80. The lowest BCUT2D eigenvalue weighted by Crippen LogP contribution is -2.14. The van der Waals surface area contributed by atoms with Crippen LogP contribution in [-0.2, 0) is 5.41 Å². The van der Waals surface area contributed by atoms with Crippen LogP contribution in [0, 0.1) is 6.92 Å². The van der Waals surface area contributed by atoms with Crippen molar-refractivity contribution >= 4 is 17.5 Å². The molecule has 0 saturated heterocycles. The highest BCUT2D eigenvalue weighted by Crippen LogP contribution is 2.31. The zero-order valence-corrected chi connectivity index (χ0v) is 12.8. The summed E-state index contributed by atoms with van der Waals surface area (Å²) in [6.07, 6.45) is 1.82. The van der Waals surface area contributed by atoms with Crippen molar-refractivity contribution in [1.82, 2.24) is 9.97 Å². The van der Waals surface area contributed by atoms with Crippen molar-refractivity contribution < 1.29 is 0 Å². The fourth-order valence-corrected chi connectivity index (χ4v) is 2.06. The molecule has 0 amide bonds. The summed E-state index contributed by atoms with van der Waals surface area (Å²) < 4.78 is 0. The topological polar surface area (TPSA) is 49.8 Å². The van der Waals surface area contributed by atoms with Crippen molar-refractivity contribution in [2.45, 2.75) is 33.1 Å². The SMILES string of the molecule is CNc1ncc(C)c(Nc2ccccc2C(C)(C)C)n1. The summed E-state index contributed by atoms with van der Waals surface area (Å²) in [7, 11) is 1.82. The lowest BCUT2D eigenvalue weighted by Gasteiger charge is -2.23. The summed E-state index contributed by atoms with van der Waals surface area (Å²) in [5.41, 5.74) is 3.46. The zero-order valence-electron chi connectivity index (χ0n) is 12.8. The Morgan fingerprint density at radius 2 is 1.80 bits per heavy atom. The Bertz CT molecular complexity index is 600. The molecule has 0 saturated carbocycles. The monoisotopic (exact) mass is 270 g/mol. The molecule has 0 radical (unpaired) electrons. The van der Waals surface area contributed by atoms with E-state index in [-0.39, 0.29) is 5.41 Å². The summed E-state index contributed by atoms with van der Waals surface area (Å²) in [5, 5.41) is 6.39. The smallest absolute Gasteiger partial charge is 0.224 e. The minimum atomic E-state index is 0.0797. The number of aryl methyl sites for hydroxylation is 1. The Balaban J connectivity index is 2.40. The minimum Gasteiger partial charge on any atom is -0.357 e. The third-order valence-corrected chi connectivity index (χ3v) is 3.18. The molecule has 0 atom stereocenters. The molecule has 0 fully saturated rings. The quantitative estimate of drug-likeness (QED) is 0.889. The molecule has 0 aliphatic heterocycles. The average molecular weight is 270 g/mol. The first-order valence-electron chi connectivity index (χ1n) is 6.80. The van der Waals surface area contributed by atoms with Crippen LogP contribution in [0.5, 0.6) is 0 Å². The lowest BCUT2D eigenvalue weighted by atomic mass is 9.86. The molecule has 2 aromatic rings. The highest BCUT2D eigenvalue weighted by Gasteiger charge is 2.18. The van der Waals surface area contributed by atoms with Crippen LogP contribution < -0.4 is 10.6 Å². The Labute approximate surface area is 120 Å². The summed E-state index contributed by atoms with van der Waals surface area (Å²) in [4.78, 5) is 8.68. The molecule has 1 aromatic carbocycles. The molecule has 4 heteroatoms. The number of rotatable bonds is 3. The van der Waals surface area contributed by atoms with Crippen LogP contribution in [0.4, 0.5) is 17.5 Å². The van der Waals surface area contributed by atoms with Crippen molar-refractivity contribution in [3.63, 3.8) is 0 Å². The van der Waals surface area contributed by atoms with Gasteiger partial charge in [0.25, 0.3) is 0 Å². The molecule has 2 rings (SSSR count). The fourth-order valence-electron chi connectivity index (χ4n) is 2.06. The Morgan fingerprint density at radius 3 is 2.45 bits per heavy atom. The van der Waals surface area contributed by atoms with E-state index in [1.165, 1.54) is 5.56 Å². The van der Waals surface area contributed by atoms with Gasteiger partial charge in [0.15, 0.2) is 0 Å². The van der Waals surface area contributed by atoms with Crippen molar-refractivity contribution in [1.29, 1.82) is 0 Å². The van der Waals surface area contributed by atoms with E-state index in [0.717, 1.165) is 17.1 Å². The van der Waals surface area contributed by atoms with Crippen LogP contribution >= 0.6 is 0 Å². The molecular weight excluding hydrogens is 248 g/mol. The van der Waals surface area contributed by atoms with Gasteiger partial charge in [0.1, 0.15) is 5.82 Å². The van der Waals surface area contributed by atoms with Gasteiger partial charge in [-0.25, -0.2) is 4.98 Å². The van der Waals surface area contributed by atoms with Crippen LogP contribution in [0.25, 0.3) is 0 Å². The number of benzene rings is 1. The first-order chi connectivity index (χ1) is 9.41. The highest BCUT2D eigenvalue weighted by atomic mass is 15.1. The number of hydrogen-bond acceptors (Lipinski definition) is 4. The molecule has 0 aliphatic carbocycles. The summed E-state index contributed by atoms with van der Waals surface area (Å²) in [6, 6.07) is 8.34. The molecule has 0 unspecified atom stereocenters. The number of nitrogens with one attached hydrogen (secondary N) is 2. The number of hydrogen-bond donors (Lipinski definition) is 2. The number of anilines is 3. The second kappa shape index (κ2) is 5.49. The Morgan fingerprint density at radius 1 is 1.10 bits per heavy atom. The lowest BCUT2D eigenvalue weighted by molar-refractivity contribution is 0.592. The molecule has 4 nitrogen and oxygen atoms in total. The van der Waals surface area contributed by atoms with Crippen LogP contribution in [0.2, 0.25) is 0 Å². The maximum atomic E-state index is 4.48. The van der Waals surface area contributed by atoms with Crippen LogP contribution in [0.15, 0.2) is 30.5 Å². The molecule has 0 spiro atoms. The van der Waals surface area contributed by atoms with Crippen LogP contribution in [0.1, 0.15) is 31.9 Å². The average Bonchev–Trinajstić information content (AvgIpc) is 2.41. The molecule has 1 aromatic heterocycles. The van der Waals surface area contributed by atoms with E-state index < -0.39 is 0 Å². The molecule has 0 bridgehead atoms. The van der Waals surface area contributed by atoms with Gasteiger partial charge < -0.3 is 10.6 Å². The van der Waals surface area contributed by atoms with E-state index in [2.05, 4.69) is 59.6 Å². The van der Waals surface area contributed by atoms with Crippen molar-refractivity contribution in [3.05, 3.63) is 41.6 Å². The zero-order chi connectivity index (χ0) is 14.8. The van der Waals surface area contributed by atoms with Gasteiger partial charge in [-0.3, -0.25) is 0 Å². The Hall–Kier alpha value is -2.10. The number of para-hydroxylation sites is 1. The molecule has 106 valence electrons. The predicted molar refractivity (Wildman–Crippen MR) is 84.7 cm³/mol. The van der Waals surface area contributed by atoms with Gasteiger partial charge in [-0.15, -0.1) is 0 Å². The fraction of sp³-hybridized carbons (Fsp3) is 0.375. The van der Waals surface area contributed by atoms with E-state index >= 15 is 0 Å². The van der Waals surface area contributed by atoms with Gasteiger partial charge in [0, 0.05) is 24.5 Å². The number of aromatic nitrogens is 2. The van der Waals surface area contributed by atoms with E-state index in [4.69, 9.17) is 0 Å². The standard InChI is InChI=1S/C16H22N4/c1-11-10-18-15(17-5)20-14(11)19-13-9-7-6-8-12(13)16(2,3)4/h6-10H,1-5H3,(H2,17,18,19,20). The summed E-state index contributed by atoms with van der Waals surface area (Å²) >= 11 is 0. The van der Waals surface area contributed by atoms with Crippen LogP contribution in [0.3, 0.4) is 0 Å². The van der Waals surface area contributed by atoms with Gasteiger partial charge in [0.2, 0.25) is 5.95 Å². The van der Waals surface area contributed by atoms with E-state index in [1.54, 1.807) is 0 Å². The molecule has 0 aliphatic rings. The van der Waals surface area contributed by atoms with Gasteiger partial charge in [-0.1, -0.05) is 39.0 Å². The summed E-state index contributed by atoms with van der Waals surface area (Å²) in [5.74, 6) is 1.45. The predicted octanol–water partition coefficient (Wildman–Crippen LogP) is 3.87. The van der Waals surface area contributed by atoms with E-state index in [1.807, 2.05) is 26.2 Å². The minimum absolute atomic E-state index is 0.0797. The number of nitrogens with zero attached hydrogens (tertiary/aromatic N) is 2. The van der Waals surface area contributed by atoms with Gasteiger partial charge in [-0.2, -0.15) is 4.98 Å². The van der Waals surface area contributed by atoms with Gasteiger partial charge in [-0.05, 0) is 24.0 Å². The normalized spacial score (nSPS) is 11.2. The summed E-state index contributed by atoms with van der Waals surface area (Å²) in [6.45, 7) is 8.62. The third-order valence-electron chi connectivity index (χ3n) is 3.18. The molecule has 1 heterocycles. The Kier molecular flexibility index (Phi) is 3.93. The largest absolute Gasteiger partial charge is 0.357 e. The highest BCUT2D eigenvalue weighted by molar-refractivity contribution is 5.64. The maximum absolute atomic E-state index is 4.48. The van der Waals surface area contributed by atoms with Crippen molar-refractivity contribution in [2.75, 3.05) is 17.7 Å². The van der Waals surface area contributed by atoms with Crippen molar-refractivity contribution in [3.8, 4) is 0 Å². The van der Waals surface area contributed by atoms with Gasteiger partial charge in [0.05, 0.1) is 0 Å². The molecular formula is C16H22N4. The molecule has 2 N–H and O–H groups in total. The van der Waals surface area contributed by atoms with Crippen molar-refractivity contribution in [2.24, 2.45) is 0 Å². The second-order valence-electron chi connectivity index (χ2n) is 5.90. The molecule has 20 heavy (non-hydrogen) atoms. The van der Waals surface area contributed by atoms with E-state index in [9.17, 15) is 0 Å². The maximum Gasteiger partial charge on any atom is 0.224 e. The van der Waals surface area contributed by atoms with Crippen LogP contribution in [-0.4, -0.2) is 17.0 Å². The second-order valence-corrected chi connectivity index (χ2v) is 5.90.